The highest BCUT2D eigenvalue weighted by Crippen LogP contribution is 2.42. The van der Waals surface area contributed by atoms with E-state index in [1.807, 2.05) is 19.1 Å². The molecule has 0 bridgehead atoms. The van der Waals surface area contributed by atoms with Crippen LogP contribution in [-0.4, -0.2) is 11.1 Å². The third-order valence-electron chi connectivity index (χ3n) is 6.21. The average molecular weight is 497 g/mol. The Morgan fingerprint density at radius 3 is 2.06 bits per heavy atom. The van der Waals surface area contributed by atoms with Gasteiger partial charge in [-0.05, 0) is 79.8 Å². The lowest BCUT2D eigenvalue weighted by Gasteiger charge is -2.35. The molecule has 1 aromatic heterocycles. The van der Waals surface area contributed by atoms with Crippen molar-refractivity contribution in [1.82, 2.24) is 4.98 Å². The summed E-state index contributed by atoms with van der Waals surface area (Å²) in [6, 6.07) is 11.0. The van der Waals surface area contributed by atoms with Gasteiger partial charge in [-0.1, -0.05) is 18.2 Å². The molecule has 35 heavy (non-hydrogen) atoms. The van der Waals surface area contributed by atoms with E-state index in [0.29, 0.717) is 25.0 Å². The summed E-state index contributed by atoms with van der Waals surface area (Å²) >= 11 is 0. The smallest absolute Gasteiger partial charge is 0.370 e. The molecule has 0 saturated heterocycles. The van der Waals surface area contributed by atoms with E-state index in [1.54, 1.807) is 12.1 Å². The van der Waals surface area contributed by atoms with Crippen molar-refractivity contribution in [2.75, 3.05) is 0 Å². The molecule has 1 heterocycles. The molecule has 1 aliphatic carbocycles. The van der Waals surface area contributed by atoms with Crippen LogP contribution in [0.1, 0.15) is 64.6 Å². The number of nitrogens with zero attached hydrogens (tertiary/aromatic N) is 1. The zero-order valence-electron chi connectivity index (χ0n) is 18.8. The predicted molar refractivity (Wildman–Crippen MR) is 115 cm³/mol. The number of pyridine rings is 1. The number of hydrogen-bond acceptors (Lipinski definition) is 2. The van der Waals surface area contributed by atoms with Crippen LogP contribution in [0.3, 0.4) is 0 Å². The van der Waals surface area contributed by atoms with E-state index >= 15 is 0 Å². The number of halogens is 7. The fraction of sp³-hybridized carbons (Fsp3) is 0.346. The summed E-state index contributed by atoms with van der Waals surface area (Å²) in [4.78, 5) is 4.58. The van der Waals surface area contributed by atoms with Crippen molar-refractivity contribution in [3.05, 3.63) is 99.6 Å². The monoisotopic (exact) mass is 497 g/mol. The van der Waals surface area contributed by atoms with Crippen molar-refractivity contribution in [3.63, 3.8) is 0 Å². The van der Waals surface area contributed by atoms with Crippen molar-refractivity contribution in [1.29, 1.82) is 0 Å². The molecule has 0 N–H and O–H groups in total. The fourth-order valence-electron chi connectivity index (χ4n) is 4.52. The molecule has 2 aromatic carbocycles. The molecule has 0 radical (unpaired) electrons. The first-order valence-electron chi connectivity index (χ1n) is 11.0. The Kier molecular flexibility index (Phi) is 6.66. The van der Waals surface area contributed by atoms with Crippen LogP contribution in [0, 0.1) is 12.7 Å². The van der Waals surface area contributed by atoms with E-state index in [9.17, 15) is 30.7 Å². The third kappa shape index (κ3) is 5.50. The van der Waals surface area contributed by atoms with Crippen LogP contribution in [0.5, 0.6) is 0 Å². The average Bonchev–Trinajstić information content (AvgIpc) is 2.78. The molecule has 9 heteroatoms. The zero-order chi connectivity index (χ0) is 25.5. The molecule has 0 aliphatic heterocycles. The maximum absolute atomic E-state index is 13.6. The van der Waals surface area contributed by atoms with Crippen LogP contribution in [0.25, 0.3) is 0 Å². The zero-order valence-corrected chi connectivity index (χ0v) is 18.8. The number of ether oxygens (including phenoxy) is 1. The quantitative estimate of drug-likeness (QED) is 0.343. The highest BCUT2D eigenvalue weighted by atomic mass is 19.4. The maximum Gasteiger partial charge on any atom is 0.416 e. The van der Waals surface area contributed by atoms with Crippen molar-refractivity contribution >= 4 is 0 Å². The molecule has 3 aromatic rings. The van der Waals surface area contributed by atoms with Crippen LogP contribution >= 0.6 is 0 Å². The number of aryl methyl sites for hydroxylation is 2. The van der Waals surface area contributed by atoms with E-state index in [-0.39, 0.29) is 11.6 Å². The summed E-state index contributed by atoms with van der Waals surface area (Å²) in [5, 5.41) is 0. The van der Waals surface area contributed by atoms with E-state index < -0.39 is 47.4 Å². The lowest BCUT2D eigenvalue weighted by Crippen LogP contribution is -2.31. The predicted octanol–water partition coefficient (Wildman–Crippen LogP) is 7.79. The van der Waals surface area contributed by atoms with Gasteiger partial charge in [0.05, 0.1) is 23.3 Å². The lowest BCUT2D eigenvalue weighted by atomic mass is 9.78. The van der Waals surface area contributed by atoms with Gasteiger partial charge in [-0.3, -0.25) is 4.98 Å². The second kappa shape index (κ2) is 9.26. The molecule has 3 atom stereocenters. The largest absolute Gasteiger partial charge is 0.416 e. The number of hydrogen-bond donors (Lipinski definition) is 0. The Bertz CT molecular complexity index is 1170. The van der Waals surface area contributed by atoms with E-state index in [1.165, 1.54) is 19.1 Å². The van der Waals surface area contributed by atoms with Crippen LogP contribution in [-0.2, 0) is 23.5 Å². The molecular formula is C26H22F7NO. The van der Waals surface area contributed by atoms with E-state index in [0.717, 1.165) is 22.5 Å². The molecule has 4 rings (SSSR count). The van der Waals surface area contributed by atoms with Crippen LogP contribution < -0.4 is 0 Å². The number of benzene rings is 2. The highest BCUT2D eigenvalue weighted by molar-refractivity contribution is 5.40. The minimum Gasteiger partial charge on any atom is -0.370 e. The molecule has 2 nitrogen and oxygen atoms in total. The molecule has 0 fully saturated rings. The first-order valence-corrected chi connectivity index (χ1v) is 11.0. The summed E-state index contributed by atoms with van der Waals surface area (Å²) in [5.74, 6) is -0.843. The third-order valence-corrected chi connectivity index (χ3v) is 6.21. The number of aromatic nitrogens is 1. The molecule has 0 saturated carbocycles. The maximum atomic E-state index is 13.6. The van der Waals surface area contributed by atoms with Crippen molar-refractivity contribution in [3.8, 4) is 0 Å². The normalized spacial score (nSPS) is 19.3. The van der Waals surface area contributed by atoms with Gasteiger partial charge in [0.25, 0.3) is 0 Å². The topological polar surface area (TPSA) is 22.1 Å². The Labute approximate surface area is 197 Å². The standard InChI is InChI=1S/C26H22F7NO/c1-14-3-8-21-22(34-14)9-10-23(24(21)16-4-6-20(27)7-5-16)35-15(2)17-11-18(25(28,29)30)13-19(12-17)26(31,32)33/h3-8,11-13,15,23-24H,9-10H2,1-2H3/t15-,23-,24-/m0/s1. The lowest BCUT2D eigenvalue weighted by molar-refractivity contribution is -0.143. The van der Waals surface area contributed by atoms with Gasteiger partial charge in [0.1, 0.15) is 5.82 Å². The SMILES string of the molecule is Cc1ccc2c(n1)CC[C@H](O[C@@H](C)c1cc(C(F)(F)F)cc(C(F)(F)F)c1)[C@H]2c1ccc(F)cc1. The fourth-order valence-corrected chi connectivity index (χ4v) is 4.52. The number of alkyl halides is 6. The minimum atomic E-state index is -4.94. The van der Waals surface area contributed by atoms with E-state index in [2.05, 4.69) is 4.98 Å². The van der Waals surface area contributed by atoms with Crippen LogP contribution in [0.2, 0.25) is 0 Å². The van der Waals surface area contributed by atoms with Crippen molar-refractivity contribution < 1.29 is 35.5 Å². The molecule has 186 valence electrons. The van der Waals surface area contributed by atoms with Gasteiger partial charge in [0.15, 0.2) is 0 Å². The number of rotatable bonds is 4. The summed E-state index contributed by atoms with van der Waals surface area (Å²) in [5.41, 5.74) is 0.213. The summed E-state index contributed by atoms with van der Waals surface area (Å²) in [7, 11) is 0. The van der Waals surface area contributed by atoms with Crippen molar-refractivity contribution in [2.24, 2.45) is 0 Å². The van der Waals surface area contributed by atoms with Gasteiger partial charge in [0.2, 0.25) is 0 Å². The summed E-state index contributed by atoms with van der Waals surface area (Å²) < 4.78 is 99.7. The molecular weight excluding hydrogens is 475 g/mol. The highest BCUT2D eigenvalue weighted by Gasteiger charge is 2.38. The Morgan fingerprint density at radius 1 is 0.886 bits per heavy atom. The second-order valence-corrected chi connectivity index (χ2v) is 8.71. The first-order chi connectivity index (χ1) is 16.3. The summed E-state index contributed by atoms with van der Waals surface area (Å²) in [6.45, 7) is 3.28. The molecule has 0 unspecified atom stereocenters. The van der Waals surface area contributed by atoms with Gasteiger partial charge >= 0.3 is 12.4 Å². The van der Waals surface area contributed by atoms with Crippen LogP contribution in [0.15, 0.2) is 54.6 Å². The van der Waals surface area contributed by atoms with Crippen LogP contribution in [0.4, 0.5) is 30.7 Å². The molecule has 1 aliphatic rings. The Balaban J connectivity index is 1.71. The van der Waals surface area contributed by atoms with Gasteiger partial charge in [0, 0.05) is 17.3 Å². The molecule has 0 spiro atoms. The second-order valence-electron chi connectivity index (χ2n) is 8.71. The van der Waals surface area contributed by atoms with Gasteiger partial charge in [-0.15, -0.1) is 0 Å². The van der Waals surface area contributed by atoms with Gasteiger partial charge < -0.3 is 4.74 Å². The number of fused-ring (bicyclic) bond motifs is 1. The van der Waals surface area contributed by atoms with Crippen molar-refractivity contribution in [2.45, 2.75) is 57.2 Å². The Morgan fingerprint density at radius 2 is 1.49 bits per heavy atom. The summed E-state index contributed by atoms with van der Waals surface area (Å²) in [6.07, 6.45) is -10.6. The first kappa shape index (κ1) is 25.2. The Hall–Kier alpha value is -2.94. The van der Waals surface area contributed by atoms with Gasteiger partial charge in [-0.25, -0.2) is 4.39 Å². The molecule has 0 amide bonds. The van der Waals surface area contributed by atoms with E-state index in [4.69, 9.17) is 4.74 Å². The van der Waals surface area contributed by atoms with Gasteiger partial charge in [-0.2, -0.15) is 26.3 Å². The minimum absolute atomic E-state index is 0.0996.